The van der Waals surface area contributed by atoms with Crippen molar-refractivity contribution in [3.8, 4) is 5.75 Å². The van der Waals surface area contributed by atoms with Crippen LogP contribution in [0.2, 0.25) is 0 Å². The van der Waals surface area contributed by atoms with Crippen molar-refractivity contribution in [3.63, 3.8) is 0 Å². The van der Waals surface area contributed by atoms with Crippen molar-refractivity contribution in [3.05, 3.63) is 29.3 Å². The minimum atomic E-state index is -1.20. The Labute approximate surface area is 79.6 Å². The van der Waals surface area contributed by atoms with Crippen LogP contribution in [0.5, 0.6) is 5.75 Å². The summed E-state index contributed by atoms with van der Waals surface area (Å²) in [6.45, 7) is 0. The zero-order valence-electron chi connectivity index (χ0n) is 7.31. The predicted octanol–water partition coefficient (Wildman–Crippen LogP) is 0.245. The van der Waals surface area contributed by atoms with Crippen molar-refractivity contribution in [1.82, 2.24) is 0 Å². The van der Waals surface area contributed by atoms with Gasteiger partial charge in [0, 0.05) is 0 Å². The Hall–Kier alpha value is -2.04. The van der Waals surface area contributed by atoms with E-state index in [9.17, 15) is 14.7 Å². The van der Waals surface area contributed by atoms with Crippen LogP contribution in [-0.4, -0.2) is 24.2 Å². The molecule has 1 N–H and O–H groups in total. The molecule has 0 spiro atoms. The standard InChI is InChI=1S/C9H8O5/c1-14-9(13)6-4-5(8(11)12)2-3-7(6)10/h2-4,10H,1H3,(H,11,12)/p-1. The van der Waals surface area contributed by atoms with E-state index in [0.717, 1.165) is 25.3 Å². The van der Waals surface area contributed by atoms with Gasteiger partial charge < -0.3 is 14.9 Å². The normalized spacial score (nSPS) is 9.50. The molecule has 0 aromatic heterocycles. The third-order valence-corrected chi connectivity index (χ3v) is 1.63. The quantitative estimate of drug-likeness (QED) is 0.683. The van der Waals surface area contributed by atoms with Crippen LogP contribution in [0.3, 0.4) is 0 Å². The molecular formula is C9H7O5-. The fraction of sp³-hybridized carbons (Fsp3) is 0.111. The third kappa shape index (κ3) is 1.82. The first kappa shape index (κ1) is 10.0. The maximum absolute atomic E-state index is 11.1. The maximum Gasteiger partial charge on any atom is 0.337 e. The molecule has 74 valence electrons. The van der Waals surface area contributed by atoms with Crippen LogP contribution in [-0.2, 0) is 4.74 Å². The van der Waals surface area contributed by atoms with E-state index in [1.807, 2.05) is 0 Å². The highest BCUT2D eigenvalue weighted by Crippen LogP contribution is 2.16. The van der Waals surface area contributed by atoms with Gasteiger partial charge in [0.1, 0.15) is 0 Å². The third-order valence-electron chi connectivity index (χ3n) is 1.63. The average molecular weight is 195 g/mol. The first-order valence-electron chi connectivity index (χ1n) is 3.69. The molecule has 0 saturated heterocycles. The van der Waals surface area contributed by atoms with Crippen molar-refractivity contribution in [2.75, 3.05) is 7.11 Å². The van der Waals surface area contributed by atoms with Crippen molar-refractivity contribution in [2.24, 2.45) is 0 Å². The molecule has 1 rings (SSSR count). The zero-order valence-corrected chi connectivity index (χ0v) is 7.31. The van der Waals surface area contributed by atoms with Gasteiger partial charge in [-0.3, -0.25) is 0 Å². The number of carbonyl (C=O) groups is 2. The van der Waals surface area contributed by atoms with Gasteiger partial charge in [-0.05, 0) is 12.1 Å². The number of rotatable bonds is 2. The van der Waals surface area contributed by atoms with E-state index in [2.05, 4.69) is 4.74 Å². The summed E-state index contributed by atoms with van der Waals surface area (Å²) in [7, 11) is 1.12. The van der Waals surface area contributed by atoms with E-state index in [-0.39, 0.29) is 11.1 Å². The first-order valence-corrected chi connectivity index (χ1v) is 3.69. The Morgan fingerprint density at radius 2 is 2.07 bits per heavy atom. The van der Waals surface area contributed by atoms with Crippen LogP contribution >= 0.6 is 0 Å². The molecule has 14 heavy (non-hydrogen) atoms. The molecule has 0 heterocycles. The lowest BCUT2D eigenvalue weighted by Gasteiger charge is -2.11. The number of carboxylic acids is 1. The van der Waals surface area contributed by atoms with Gasteiger partial charge in [0.2, 0.25) is 0 Å². The van der Waals surface area contributed by atoms with Crippen LogP contribution in [0.1, 0.15) is 20.7 Å². The largest absolute Gasteiger partial charge is 0.872 e. The number of esters is 1. The maximum atomic E-state index is 11.1. The monoisotopic (exact) mass is 195 g/mol. The lowest BCUT2D eigenvalue weighted by molar-refractivity contribution is -0.268. The number of hydrogen-bond donors (Lipinski definition) is 1. The summed E-state index contributed by atoms with van der Waals surface area (Å²) < 4.78 is 4.32. The van der Waals surface area contributed by atoms with Gasteiger partial charge in [0.25, 0.3) is 0 Å². The molecule has 5 heteroatoms. The zero-order chi connectivity index (χ0) is 10.7. The molecule has 0 unspecified atom stereocenters. The number of methoxy groups -OCH3 is 1. The molecule has 0 amide bonds. The molecule has 0 atom stereocenters. The topological polar surface area (TPSA) is 86.7 Å². The minimum absolute atomic E-state index is 0.120. The highest BCUT2D eigenvalue weighted by molar-refractivity contribution is 5.96. The second-order valence-corrected chi connectivity index (χ2v) is 2.51. The van der Waals surface area contributed by atoms with Gasteiger partial charge in [-0.1, -0.05) is 11.8 Å². The second-order valence-electron chi connectivity index (χ2n) is 2.51. The molecule has 0 bridgehead atoms. The first-order chi connectivity index (χ1) is 6.56. The number of hydrogen-bond acceptors (Lipinski definition) is 4. The Kier molecular flexibility index (Phi) is 2.71. The molecule has 0 aliphatic carbocycles. The van der Waals surface area contributed by atoms with E-state index in [4.69, 9.17) is 5.11 Å². The molecule has 0 radical (unpaired) electrons. The Morgan fingerprint density at radius 3 is 2.57 bits per heavy atom. The summed E-state index contributed by atoms with van der Waals surface area (Å²) in [6, 6.07) is 3.16. The fourth-order valence-electron chi connectivity index (χ4n) is 0.932. The summed E-state index contributed by atoms with van der Waals surface area (Å²) in [6.07, 6.45) is 0. The average Bonchev–Trinajstić information content (AvgIpc) is 2.17. The molecule has 0 aliphatic heterocycles. The summed E-state index contributed by atoms with van der Waals surface area (Å²) in [5.41, 5.74) is -0.391. The minimum Gasteiger partial charge on any atom is -0.872 e. The molecular weight excluding hydrogens is 188 g/mol. The number of carboxylic acid groups (broad SMARTS) is 1. The van der Waals surface area contributed by atoms with Gasteiger partial charge in [0.05, 0.1) is 18.2 Å². The highest BCUT2D eigenvalue weighted by atomic mass is 16.5. The predicted molar refractivity (Wildman–Crippen MR) is 44.2 cm³/mol. The van der Waals surface area contributed by atoms with Gasteiger partial charge >= 0.3 is 11.9 Å². The number of aromatic carboxylic acids is 1. The van der Waals surface area contributed by atoms with Crippen molar-refractivity contribution >= 4 is 11.9 Å². The van der Waals surface area contributed by atoms with Crippen LogP contribution in [0.4, 0.5) is 0 Å². The Balaban J connectivity index is 3.21. The highest BCUT2D eigenvalue weighted by Gasteiger charge is 2.10. The van der Waals surface area contributed by atoms with Crippen molar-refractivity contribution < 1.29 is 24.5 Å². The summed E-state index contributed by atoms with van der Waals surface area (Å²) >= 11 is 0. The Bertz CT molecular complexity index is 383. The van der Waals surface area contributed by atoms with Crippen LogP contribution in [0, 0.1) is 0 Å². The van der Waals surface area contributed by atoms with Crippen LogP contribution < -0.4 is 5.11 Å². The second kappa shape index (κ2) is 3.78. The Morgan fingerprint density at radius 1 is 1.43 bits per heavy atom. The molecule has 1 aromatic rings. The number of carbonyl (C=O) groups excluding carboxylic acids is 1. The summed E-state index contributed by atoms with van der Waals surface area (Å²) in [5.74, 6) is -2.59. The van der Waals surface area contributed by atoms with Gasteiger partial charge in [-0.15, -0.1) is 0 Å². The van der Waals surface area contributed by atoms with Crippen molar-refractivity contribution in [1.29, 1.82) is 0 Å². The lowest BCUT2D eigenvalue weighted by atomic mass is 10.1. The molecule has 0 fully saturated rings. The van der Waals surface area contributed by atoms with Gasteiger partial charge in [-0.2, -0.15) is 0 Å². The van der Waals surface area contributed by atoms with E-state index in [1.54, 1.807) is 0 Å². The van der Waals surface area contributed by atoms with E-state index >= 15 is 0 Å². The van der Waals surface area contributed by atoms with Gasteiger partial charge in [0.15, 0.2) is 0 Å². The molecule has 1 aromatic carbocycles. The lowest BCUT2D eigenvalue weighted by Crippen LogP contribution is -2.08. The van der Waals surface area contributed by atoms with Crippen LogP contribution in [0.25, 0.3) is 0 Å². The molecule has 5 nitrogen and oxygen atoms in total. The van der Waals surface area contributed by atoms with Crippen molar-refractivity contribution in [2.45, 2.75) is 0 Å². The summed E-state index contributed by atoms with van der Waals surface area (Å²) in [4.78, 5) is 21.5. The van der Waals surface area contributed by atoms with E-state index in [1.165, 1.54) is 0 Å². The van der Waals surface area contributed by atoms with E-state index in [0.29, 0.717) is 0 Å². The molecule has 0 saturated carbocycles. The van der Waals surface area contributed by atoms with Gasteiger partial charge in [-0.25, -0.2) is 9.59 Å². The van der Waals surface area contributed by atoms with Crippen LogP contribution in [0.15, 0.2) is 18.2 Å². The van der Waals surface area contributed by atoms with E-state index < -0.39 is 17.7 Å². The fourth-order valence-corrected chi connectivity index (χ4v) is 0.932. The number of benzene rings is 1. The SMILES string of the molecule is COC(=O)c1cc(C(=O)O)ccc1[O-]. The number of ether oxygens (including phenoxy) is 1. The molecule has 0 aliphatic rings. The smallest absolute Gasteiger partial charge is 0.337 e. The summed E-state index contributed by atoms with van der Waals surface area (Å²) in [5, 5.41) is 19.7.